The zero-order valence-electron chi connectivity index (χ0n) is 10.8. The number of amides is 1. The molecule has 2 rings (SSSR count). The molecule has 20 heavy (non-hydrogen) atoms. The van der Waals surface area contributed by atoms with Gasteiger partial charge in [0.05, 0.1) is 6.54 Å². The maximum atomic E-state index is 13.1. The van der Waals surface area contributed by atoms with Crippen LogP contribution in [0, 0.1) is 5.92 Å². The quantitative estimate of drug-likeness (QED) is 0.893. The molecule has 1 aromatic carbocycles. The molecule has 0 radical (unpaired) electrons. The van der Waals surface area contributed by atoms with E-state index >= 15 is 0 Å². The first kappa shape index (κ1) is 14.8. The second-order valence-corrected chi connectivity index (χ2v) is 5.07. The number of alkyl halides is 3. The second kappa shape index (κ2) is 5.44. The fourth-order valence-corrected chi connectivity index (χ4v) is 2.11. The summed E-state index contributed by atoms with van der Waals surface area (Å²) in [6.07, 6.45) is -2.55. The molecule has 1 aromatic rings. The lowest BCUT2D eigenvalue weighted by molar-refractivity contribution is -0.264. The first-order chi connectivity index (χ1) is 9.34. The van der Waals surface area contributed by atoms with E-state index in [-0.39, 0.29) is 11.5 Å². The highest BCUT2D eigenvalue weighted by Gasteiger charge is 2.55. The van der Waals surface area contributed by atoms with Gasteiger partial charge in [0.25, 0.3) is 0 Å². The Morgan fingerprint density at radius 2 is 1.85 bits per heavy atom. The Hall–Kier alpha value is -1.56. The lowest BCUT2D eigenvalue weighted by Crippen LogP contribution is -2.52. The number of rotatable bonds is 4. The number of halogens is 3. The van der Waals surface area contributed by atoms with E-state index in [0.717, 1.165) is 6.42 Å². The molecule has 0 spiro atoms. The van der Waals surface area contributed by atoms with E-state index in [1.54, 1.807) is 6.07 Å². The number of hydrogen-bond donors (Lipinski definition) is 2. The Labute approximate surface area is 114 Å². The van der Waals surface area contributed by atoms with Gasteiger partial charge in [-0.3, -0.25) is 4.79 Å². The third-order valence-corrected chi connectivity index (χ3v) is 3.71. The van der Waals surface area contributed by atoms with E-state index in [1.165, 1.54) is 24.3 Å². The lowest BCUT2D eigenvalue weighted by atomic mass is 9.84. The van der Waals surface area contributed by atoms with Gasteiger partial charge in [0.2, 0.25) is 11.5 Å². The molecule has 1 atom stereocenters. The highest BCUT2D eigenvalue weighted by molar-refractivity contribution is 5.79. The van der Waals surface area contributed by atoms with Crippen LogP contribution in [-0.2, 0) is 10.4 Å². The number of benzene rings is 1. The van der Waals surface area contributed by atoms with Gasteiger partial charge in [0, 0.05) is 5.92 Å². The Balaban J connectivity index is 2.13. The molecule has 110 valence electrons. The van der Waals surface area contributed by atoms with E-state index in [0.29, 0.717) is 12.8 Å². The van der Waals surface area contributed by atoms with Crippen LogP contribution in [0.4, 0.5) is 13.2 Å². The van der Waals surface area contributed by atoms with Crippen LogP contribution in [0.5, 0.6) is 0 Å². The number of aliphatic hydroxyl groups is 1. The van der Waals surface area contributed by atoms with Crippen molar-refractivity contribution in [3.63, 3.8) is 0 Å². The minimum Gasteiger partial charge on any atom is -0.375 e. The maximum Gasteiger partial charge on any atom is 0.423 e. The fourth-order valence-electron chi connectivity index (χ4n) is 2.11. The van der Waals surface area contributed by atoms with Crippen LogP contribution in [0.2, 0.25) is 0 Å². The van der Waals surface area contributed by atoms with E-state index in [2.05, 4.69) is 5.32 Å². The lowest BCUT2D eigenvalue weighted by Gasteiger charge is -2.32. The SMILES string of the molecule is O=C(NCC(O)(c1ccccc1)C(F)(F)F)C1CCC1. The summed E-state index contributed by atoms with van der Waals surface area (Å²) >= 11 is 0. The summed E-state index contributed by atoms with van der Waals surface area (Å²) in [4.78, 5) is 11.6. The Morgan fingerprint density at radius 1 is 1.25 bits per heavy atom. The third kappa shape index (κ3) is 2.80. The van der Waals surface area contributed by atoms with E-state index in [9.17, 15) is 23.1 Å². The Bertz CT molecular complexity index is 471. The Kier molecular flexibility index (Phi) is 4.04. The van der Waals surface area contributed by atoms with E-state index in [4.69, 9.17) is 0 Å². The number of hydrogen-bond acceptors (Lipinski definition) is 2. The summed E-state index contributed by atoms with van der Waals surface area (Å²) in [5.41, 5.74) is -3.34. The minimum absolute atomic E-state index is 0.219. The summed E-state index contributed by atoms with van der Waals surface area (Å²) in [7, 11) is 0. The van der Waals surface area contributed by atoms with Gasteiger partial charge in [-0.1, -0.05) is 36.8 Å². The number of carbonyl (C=O) groups is 1. The van der Waals surface area contributed by atoms with Crippen molar-refractivity contribution in [2.45, 2.75) is 31.0 Å². The summed E-state index contributed by atoms with van der Waals surface area (Å²) < 4.78 is 39.4. The molecule has 1 fully saturated rings. The highest BCUT2D eigenvalue weighted by atomic mass is 19.4. The monoisotopic (exact) mass is 287 g/mol. The molecule has 0 heterocycles. The molecule has 1 unspecified atom stereocenters. The van der Waals surface area contributed by atoms with Crippen molar-refractivity contribution >= 4 is 5.91 Å². The summed E-state index contributed by atoms with van der Waals surface area (Å²) in [5.74, 6) is -0.641. The van der Waals surface area contributed by atoms with Crippen LogP contribution < -0.4 is 5.32 Å². The van der Waals surface area contributed by atoms with Crippen LogP contribution in [0.1, 0.15) is 24.8 Å². The Morgan fingerprint density at radius 3 is 2.30 bits per heavy atom. The summed E-state index contributed by atoms with van der Waals surface area (Å²) in [5, 5.41) is 12.2. The number of carbonyl (C=O) groups excluding carboxylic acids is 1. The molecule has 2 N–H and O–H groups in total. The summed E-state index contributed by atoms with van der Waals surface area (Å²) in [6, 6.07) is 6.79. The van der Waals surface area contributed by atoms with Gasteiger partial charge in [0.1, 0.15) is 0 Å². The van der Waals surface area contributed by atoms with Gasteiger partial charge in [-0.25, -0.2) is 0 Å². The van der Waals surface area contributed by atoms with Gasteiger partial charge in [-0.15, -0.1) is 0 Å². The van der Waals surface area contributed by atoms with Crippen molar-refractivity contribution in [3.05, 3.63) is 35.9 Å². The van der Waals surface area contributed by atoms with Crippen molar-refractivity contribution in [1.82, 2.24) is 5.32 Å². The molecule has 0 bridgehead atoms. The fraction of sp³-hybridized carbons (Fsp3) is 0.500. The molecule has 0 aromatic heterocycles. The van der Waals surface area contributed by atoms with Crippen LogP contribution in [-0.4, -0.2) is 23.7 Å². The van der Waals surface area contributed by atoms with Crippen molar-refractivity contribution < 1.29 is 23.1 Å². The first-order valence-corrected chi connectivity index (χ1v) is 6.47. The predicted octanol–water partition coefficient (Wildman–Crippen LogP) is 2.35. The standard InChI is InChI=1S/C14H16F3NO2/c15-14(16,17)13(20,11-7-2-1-3-8-11)9-18-12(19)10-5-4-6-10/h1-3,7-8,10,20H,4-6,9H2,(H,18,19). The molecule has 1 aliphatic carbocycles. The molecule has 3 nitrogen and oxygen atoms in total. The van der Waals surface area contributed by atoms with E-state index in [1.807, 2.05) is 0 Å². The minimum atomic E-state index is -4.86. The normalized spacial score (nSPS) is 19.0. The van der Waals surface area contributed by atoms with Crippen molar-refractivity contribution in [3.8, 4) is 0 Å². The third-order valence-electron chi connectivity index (χ3n) is 3.71. The topological polar surface area (TPSA) is 49.3 Å². The van der Waals surface area contributed by atoms with E-state index < -0.39 is 24.2 Å². The zero-order valence-corrected chi connectivity index (χ0v) is 10.8. The van der Waals surface area contributed by atoms with Gasteiger partial charge < -0.3 is 10.4 Å². The average molecular weight is 287 g/mol. The van der Waals surface area contributed by atoms with Gasteiger partial charge in [-0.2, -0.15) is 13.2 Å². The van der Waals surface area contributed by atoms with Crippen LogP contribution >= 0.6 is 0 Å². The van der Waals surface area contributed by atoms with Gasteiger partial charge >= 0.3 is 6.18 Å². The maximum absolute atomic E-state index is 13.1. The molecule has 1 aliphatic rings. The van der Waals surface area contributed by atoms with Crippen LogP contribution in [0.25, 0.3) is 0 Å². The largest absolute Gasteiger partial charge is 0.423 e. The molecular weight excluding hydrogens is 271 g/mol. The molecule has 1 saturated carbocycles. The van der Waals surface area contributed by atoms with Crippen molar-refractivity contribution in [2.24, 2.45) is 5.92 Å². The molecule has 0 aliphatic heterocycles. The van der Waals surface area contributed by atoms with Crippen LogP contribution in [0.15, 0.2) is 30.3 Å². The van der Waals surface area contributed by atoms with Crippen LogP contribution in [0.3, 0.4) is 0 Å². The number of nitrogens with one attached hydrogen (secondary N) is 1. The second-order valence-electron chi connectivity index (χ2n) is 5.07. The molecule has 0 saturated heterocycles. The smallest absolute Gasteiger partial charge is 0.375 e. The summed E-state index contributed by atoms with van der Waals surface area (Å²) in [6.45, 7) is -0.865. The average Bonchev–Trinajstić information content (AvgIpc) is 2.33. The van der Waals surface area contributed by atoms with Gasteiger partial charge in [-0.05, 0) is 18.4 Å². The van der Waals surface area contributed by atoms with Crippen molar-refractivity contribution in [1.29, 1.82) is 0 Å². The molecule has 1 amide bonds. The van der Waals surface area contributed by atoms with Gasteiger partial charge in [0.15, 0.2) is 0 Å². The van der Waals surface area contributed by atoms with Crippen molar-refractivity contribution in [2.75, 3.05) is 6.54 Å². The predicted molar refractivity (Wildman–Crippen MR) is 66.7 cm³/mol. The first-order valence-electron chi connectivity index (χ1n) is 6.47. The molecule has 6 heteroatoms. The highest BCUT2D eigenvalue weighted by Crippen LogP contribution is 2.38. The molecular formula is C14H16F3NO2. The zero-order chi connectivity index (χ0) is 14.8.